The number of aryl methyl sites for hydroxylation is 1. The van der Waals surface area contributed by atoms with E-state index in [1.807, 2.05) is 24.5 Å². The SMILES string of the molecule is O=C(CCn1cnc2ccccc21)N[C@H]1[C@H]2CCO[C@H]2[C@H]1C1CCCC1. The predicted octanol–water partition coefficient (Wildman–Crippen LogP) is 3.14. The van der Waals surface area contributed by atoms with Gasteiger partial charge in [-0.15, -0.1) is 0 Å². The Morgan fingerprint density at radius 2 is 2.08 bits per heavy atom. The largest absolute Gasteiger partial charge is 0.377 e. The van der Waals surface area contributed by atoms with Gasteiger partial charge in [0.25, 0.3) is 0 Å². The molecule has 1 amide bonds. The van der Waals surface area contributed by atoms with Crippen molar-refractivity contribution in [1.82, 2.24) is 14.9 Å². The molecule has 2 heterocycles. The Morgan fingerprint density at radius 3 is 2.96 bits per heavy atom. The van der Waals surface area contributed by atoms with Crippen molar-refractivity contribution in [3.8, 4) is 0 Å². The first-order valence-corrected chi connectivity index (χ1v) is 10.1. The summed E-state index contributed by atoms with van der Waals surface area (Å²) in [6.07, 6.45) is 9.15. The number of carbonyl (C=O) groups excluding carboxylic acids is 1. The number of rotatable bonds is 5. The van der Waals surface area contributed by atoms with Crippen molar-refractivity contribution in [3.63, 3.8) is 0 Å². The Morgan fingerprint density at radius 1 is 1.23 bits per heavy atom. The highest BCUT2D eigenvalue weighted by Gasteiger charge is 2.56. The number of para-hydroxylation sites is 2. The van der Waals surface area contributed by atoms with E-state index in [1.165, 1.54) is 25.7 Å². The topological polar surface area (TPSA) is 56.2 Å². The minimum Gasteiger partial charge on any atom is -0.377 e. The Kier molecular flexibility index (Phi) is 4.20. The van der Waals surface area contributed by atoms with Crippen LogP contribution in [0, 0.1) is 17.8 Å². The number of hydrogen-bond acceptors (Lipinski definition) is 3. The van der Waals surface area contributed by atoms with E-state index < -0.39 is 0 Å². The third kappa shape index (κ3) is 2.73. The van der Waals surface area contributed by atoms with E-state index in [0.717, 1.165) is 30.0 Å². The van der Waals surface area contributed by atoms with E-state index >= 15 is 0 Å². The summed E-state index contributed by atoms with van der Waals surface area (Å²) in [5.74, 6) is 2.00. The Labute approximate surface area is 154 Å². The first-order chi connectivity index (χ1) is 12.8. The number of ether oxygens (including phenoxy) is 1. The number of nitrogens with one attached hydrogen (secondary N) is 1. The van der Waals surface area contributed by atoms with Crippen LogP contribution in [-0.2, 0) is 16.1 Å². The number of imidazole rings is 1. The van der Waals surface area contributed by atoms with Crippen molar-refractivity contribution in [3.05, 3.63) is 30.6 Å². The van der Waals surface area contributed by atoms with Crippen molar-refractivity contribution < 1.29 is 9.53 Å². The van der Waals surface area contributed by atoms with E-state index in [4.69, 9.17) is 4.74 Å². The highest BCUT2D eigenvalue weighted by molar-refractivity contribution is 5.78. The molecule has 4 atom stereocenters. The molecule has 1 saturated heterocycles. The fourth-order valence-electron chi connectivity index (χ4n) is 5.53. The van der Waals surface area contributed by atoms with E-state index in [9.17, 15) is 4.79 Å². The van der Waals surface area contributed by atoms with Crippen LogP contribution in [0.4, 0.5) is 0 Å². The maximum atomic E-state index is 12.6. The van der Waals surface area contributed by atoms with Gasteiger partial charge in [0.1, 0.15) is 0 Å². The highest BCUT2D eigenvalue weighted by atomic mass is 16.5. The zero-order valence-electron chi connectivity index (χ0n) is 15.1. The summed E-state index contributed by atoms with van der Waals surface area (Å²) in [5, 5.41) is 3.37. The average molecular weight is 353 g/mol. The van der Waals surface area contributed by atoms with Crippen LogP contribution in [0.5, 0.6) is 0 Å². The smallest absolute Gasteiger partial charge is 0.222 e. The number of nitrogens with zero attached hydrogens (tertiary/aromatic N) is 2. The van der Waals surface area contributed by atoms with Crippen molar-refractivity contribution in [2.75, 3.05) is 6.61 Å². The zero-order valence-corrected chi connectivity index (χ0v) is 15.1. The second-order valence-corrected chi connectivity index (χ2v) is 8.18. The molecule has 0 radical (unpaired) electrons. The second kappa shape index (κ2) is 6.69. The number of fused-ring (bicyclic) bond motifs is 2. The Balaban J connectivity index is 1.22. The third-order valence-corrected chi connectivity index (χ3v) is 6.82. The van der Waals surface area contributed by atoms with Gasteiger partial charge in [-0.25, -0.2) is 4.98 Å². The van der Waals surface area contributed by atoms with E-state index in [2.05, 4.69) is 20.9 Å². The molecule has 1 aromatic heterocycles. The lowest BCUT2D eigenvalue weighted by atomic mass is 9.61. The molecule has 5 heteroatoms. The molecular weight excluding hydrogens is 326 g/mol. The van der Waals surface area contributed by atoms with Gasteiger partial charge in [-0.1, -0.05) is 37.8 Å². The molecule has 1 aromatic carbocycles. The first kappa shape index (κ1) is 16.3. The number of benzene rings is 1. The minimum absolute atomic E-state index is 0.168. The van der Waals surface area contributed by atoms with Gasteiger partial charge in [0.15, 0.2) is 0 Å². The lowest BCUT2D eigenvalue weighted by molar-refractivity contribution is -0.130. The summed E-state index contributed by atoms with van der Waals surface area (Å²) in [6, 6.07) is 8.40. The van der Waals surface area contributed by atoms with Crippen molar-refractivity contribution in [2.24, 2.45) is 17.8 Å². The molecule has 3 fully saturated rings. The van der Waals surface area contributed by atoms with Gasteiger partial charge < -0.3 is 14.6 Å². The lowest BCUT2D eigenvalue weighted by Gasteiger charge is -2.50. The molecular formula is C21H27N3O2. The van der Waals surface area contributed by atoms with Gasteiger partial charge in [0.05, 0.1) is 23.5 Å². The van der Waals surface area contributed by atoms with Crippen molar-refractivity contribution >= 4 is 16.9 Å². The number of amides is 1. The summed E-state index contributed by atoms with van der Waals surface area (Å²) in [6.45, 7) is 1.55. The molecule has 1 aliphatic heterocycles. The molecule has 0 unspecified atom stereocenters. The maximum Gasteiger partial charge on any atom is 0.222 e. The first-order valence-electron chi connectivity index (χ1n) is 10.1. The van der Waals surface area contributed by atoms with Crippen molar-refractivity contribution in [1.29, 1.82) is 0 Å². The number of carbonyl (C=O) groups is 1. The number of hydrogen-bond donors (Lipinski definition) is 1. The molecule has 26 heavy (non-hydrogen) atoms. The van der Waals surface area contributed by atoms with Crippen LogP contribution in [0.15, 0.2) is 30.6 Å². The molecule has 5 nitrogen and oxygen atoms in total. The standard InChI is InChI=1S/C21H27N3O2/c25-18(9-11-24-13-22-16-7-3-4-8-17(16)24)23-20-15-10-12-26-21(15)19(20)14-5-1-2-6-14/h3-4,7-8,13-15,19-21H,1-2,5-6,9-12H2,(H,23,25)/t15-,19+,20+,21-/m1/s1. The summed E-state index contributed by atoms with van der Waals surface area (Å²) in [4.78, 5) is 17.0. The van der Waals surface area contributed by atoms with Crippen LogP contribution in [0.3, 0.4) is 0 Å². The van der Waals surface area contributed by atoms with Gasteiger partial charge in [-0.2, -0.15) is 0 Å². The molecule has 0 spiro atoms. The van der Waals surface area contributed by atoms with E-state index in [-0.39, 0.29) is 5.91 Å². The van der Waals surface area contributed by atoms with Crippen LogP contribution >= 0.6 is 0 Å². The predicted molar refractivity (Wildman–Crippen MR) is 99.6 cm³/mol. The highest BCUT2D eigenvalue weighted by Crippen LogP contribution is 2.51. The van der Waals surface area contributed by atoms with Crippen LogP contribution in [-0.4, -0.2) is 34.2 Å². The van der Waals surface area contributed by atoms with E-state index in [0.29, 0.717) is 36.9 Å². The Bertz CT molecular complexity index is 791. The van der Waals surface area contributed by atoms with Gasteiger partial charge in [-0.05, 0) is 24.5 Å². The molecule has 0 bridgehead atoms. The zero-order chi connectivity index (χ0) is 17.5. The summed E-state index contributed by atoms with van der Waals surface area (Å²) >= 11 is 0. The van der Waals surface area contributed by atoms with Crippen molar-refractivity contribution in [2.45, 2.75) is 57.2 Å². The fraction of sp³-hybridized carbons (Fsp3) is 0.619. The van der Waals surface area contributed by atoms with Gasteiger partial charge in [-0.3, -0.25) is 4.79 Å². The monoisotopic (exact) mass is 353 g/mol. The fourth-order valence-corrected chi connectivity index (χ4v) is 5.53. The molecule has 2 aliphatic carbocycles. The van der Waals surface area contributed by atoms with Crippen LogP contribution < -0.4 is 5.32 Å². The normalized spacial score (nSPS) is 31.1. The average Bonchev–Trinajstić information content (AvgIpc) is 3.39. The van der Waals surface area contributed by atoms with Crippen LogP contribution in [0.2, 0.25) is 0 Å². The lowest BCUT2D eigenvalue weighted by Crippen LogP contribution is -2.63. The molecule has 2 aromatic rings. The molecule has 2 saturated carbocycles. The molecule has 138 valence electrons. The van der Waals surface area contributed by atoms with Gasteiger partial charge in [0, 0.05) is 37.5 Å². The molecule has 3 aliphatic rings. The summed E-state index contributed by atoms with van der Waals surface area (Å²) in [7, 11) is 0. The van der Waals surface area contributed by atoms with E-state index in [1.54, 1.807) is 0 Å². The van der Waals surface area contributed by atoms with Gasteiger partial charge >= 0.3 is 0 Å². The van der Waals surface area contributed by atoms with Gasteiger partial charge in [0.2, 0.25) is 5.91 Å². The Hall–Kier alpha value is -1.88. The summed E-state index contributed by atoms with van der Waals surface area (Å²) < 4.78 is 8.07. The second-order valence-electron chi connectivity index (χ2n) is 8.18. The summed E-state index contributed by atoms with van der Waals surface area (Å²) in [5.41, 5.74) is 2.08. The molecule has 1 N–H and O–H groups in total. The third-order valence-electron chi connectivity index (χ3n) is 6.82. The quantitative estimate of drug-likeness (QED) is 0.898. The molecule has 5 rings (SSSR count). The van der Waals surface area contributed by atoms with Crippen LogP contribution in [0.25, 0.3) is 11.0 Å². The maximum absolute atomic E-state index is 12.6. The minimum atomic E-state index is 0.168. The van der Waals surface area contributed by atoms with Crippen LogP contribution in [0.1, 0.15) is 38.5 Å². The number of aromatic nitrogens is 2.